The molecule has 1 aromatic carbocycles. The van der Waals surface area contributed by atoms with E-state index in [-0.39, 0.29) is 12.0 Å². The van der Waals surface area contributed by atoms with Crippen LogP contribution in [-0.2, 0) is 9.53 Å². The first-order valence-electron chi connectivity index (χ1n) is 6.48. The Morgan fingerprint density at radius 2 is 2.47 bits per heavy atom. The van der Waals surface area contributed by atoms with Gasteiger partial charge >= 0.3 is 5.97 Å². The highest BCUT2D eigenvalue weighted by molar-refractivity contribution is 6.30. The van der Waals surface area contributed by atoms with Gasteiger partial charge in [0.25, 0.3) is 0 Å². The number of nitrogens with one attached hydrogen (secondary N) is 2. The predicted molar refractivity (Wildman–Crippen MR) is 75.2 cm³/mol. The van der Waals surface area contributed by atoms with Gasteiger partial charge < -0.3 is 15.4 Å². The monoisotopic (exact) mass is 282 g/mol. The van der Waals surface area contributed by atoms with E-state index >= 15 is 0 Å². The van der Waals surface area contributed by atoms with Crippen molar-refractivity contribution in [1.29, 1.82) is 0 Å². The molecule has 2 atom stereocenters. The summed E-state index contributed by atoms with van der Waals surface area (Å²) in [5.41, 5.74) is 1.02. The summed E-state index contributed by atoms with van der Waals surface area (Å²) in [6, 6.07) is 7.93. The molecular formula is C14H19ClN2O2. The fourth-order valence-corrected chi connectivity index (χ4v) is 2.53. The first-order chi connectivity index (χ1) is 9.19. The third-order valence-electron chi connectivity index (χ3n) is 3.35. The number of carbonyl (C=O) groups excluding carboxylic acids is 1. The number of hydrogen-bond acceptors (Lipinski definition) is 4. The van der Waals surface area contributed by atoms with Crippen molar-refractivity contribution in [3.05, 3.63) is 34.9 Å². The molecule has 2 rings (SSSR count). The lowest BCUT2D eigenvalue weighted by molar-refractivity contribution is -0.141. The molecular weight excluding hydrogens is 264 g/mol. The van der Waals surface area contributed by atoms with Crippen molar-refractivity contribution in [3.8, 4) is 0 Å². The maximum Gasteiger partial charge on any atom is 0.307 e. The molecule has 2 N–H and O–H groups in total. The van der Waals surface area contributed by atoms with Crippen molar-refractivity contribution in [3.63, 3.8) is 0 Å². The van der Waals surface area contributed by atoms with Crippen LogP contribution in [0.1, 0.15) is 24.4 Å². The maximum absolute atomic E-state index is 11.5. The third kappa shape index (κ3) is 4.20. The molecule has 0 saturated carbocycles. The Labute approximate surface area is 118 Å². The summed E-state index contributed by atoms with van der Waals surface area (Å²) < 4.78 is 4.77. The lowest BCUT2D eigenvalue weighted by atomic mass is 10.0. The van der Waals surface area contributed by atoms with Gasteiger partial charge in [0.05, 0.1) is 13.5 Å². The molecule has 19 heavy (non-hydrogen) atoms. The molecule has 5 heteroatoms. The zero-order valence-corrected chi connectivity index (χ0v) is 11.7. The number of hydrogen-bond donors (Lipinski definition) is 2. The molecule has 1 aliphatic rings. The number of benzene rings is 1. The quantitative estimate of drug-likeness (QED) is 0.810. The van der Waals surface area contributed by atoms with E-state index in [1.165, 1.54) is 7.11 Å². The summed E-state index contributed by atoms with van der Waals surface area (Å²) in [6.07, 6.45) is 1.38. The van der Waals surface area contributed by atoms with Crippen LogP contribution in [0.25, 0.3) is 0 Å². The number of carbonyl (C=O) groups is 1. The van der Waals surface area contributed by atoms with Crippen molar-refractivity contribution in [2.45, 2.75) is 24.9 Å². The molecule has 0 aliphatic carbocycles. The molecule has 1 saturated heterocycles. The average molecular weight is 283 g/mol. The van der Waals surface area contributed by atoms with Crippen molar-refractivity contribution >= 4 is 17.6 Å². The molecule has 1 unspecified atom stereocenters. The highest BCUT2D eigenvalue weighted by Crippen LogP contribution is 2.22. The van der Waals surface area contributed by atoms with E-state index in [0.717, 1.165) is 25.1 Å². The zero-order valence-electron chi connectivity index (χ0n) is 11.0. The standard InChI is InChI=1S/C14H19ClN2O2/c1-19-14(18)8-13(17-12-5-6-16-9-12)10-3-2-4-11(15)7-10/h2-4,7,12-13,16-17H,5-6,8-9H2,1H3/t12-,13?/m1/s1. The van der Waals surface area contributed by atoms with Gasteiger partial charge in [-0.1, -0.05) is 23.7 Å². The van der Waals surface area contributed by atoms with E-state index in [0.29, 0.717) is 17.5 Å². The van der Waals surface area contributed by atoms with Gasteiger partial charge in [0.15, 0.2) is 0 Å². The Balaban J connectivity index is 2.10. The van der Waals surface area contributed by atoms with E-state index < -0.39 is 0 Å². The summed E-state index contributed by atoms with van der Waals surface area (Å²) in [7, 11) is 1.41. The number of rotatable bonds is 5. The van der Waals surface area contributed by atoms with Gasteiger partial charge in [-0.05, 0) is 30.7 Å². The van der Waals surface area contributed by atoms with Gasteiger partial charge in [0.1, 0.15) is 0 Å². The normalized spacial score (nSPS) is 20.2. The molecule has 0 aromatic heterocycles. The second kappa shape index (κ2) is 6.89. The van der Waals surface area contributed by atoms with E-state index in [1.807, 2.05) is 24.3 Å². The van der Waals surface area contributed by atoms with Crippen LogP contribution in [-0.4, -0.2) is 32.2 Å². The number of methoxy groups -OCH3 is 1. The van der Waals surface area contributed by atoms with Gasteiger partial charge in [0, 0.05) is 23.7 Å². The Kier molecular flexibility index (Phi) is 5.19. The molecule has 1 aromatic rings. The van der Waals surface area contributed by atoms with E-state index in [4.69, 9.17) is 16.3 Å². The topological polar surface area (TPSA) is 50.4 Å². The minimum absolute atomic E-state index is 0.0592. The van der Waals surface area contributed by atoms with E-state index in [1.54, 1.807) is 0 Å². The fraction of sp³-hybridized carbons (Fsp3) is 0.500. The highest BCUT2D eigenvalue weighted by atomic mass is 35.5. The molecule has 1 fully saturated rings. The van der Waals surface area contributed by atoms with E-state index in [2.05, 4.69) is 10.6 Å². The van der Waals surface area contributed by atoms with Crippen LogP contribution >= 0.6 is 11.6 Å². The Morgan fingerprint density at radius 1 is 1.63 bits per heavy atom. The van der Waals surface area contributed by atoms with Crippen LogP contribution in [0, 0.1) is 0 Å². The van der Waals surface area contributed by atoms with Gasteiger partial charge in [-0.25, -0.2) is 0 Å². The van der Waals surface area contributed by atoms with Gasteiger partial charge in [0.2, 0.25) is 0 Å². The average Bonchev–Trinajstić information content (AvgIpc) is 2.90. The summed E-state index contributed by atoms with van der Waals surface area (Å²) in [6.45, 7) is 1.94. The Hall–Kier alpha value is -1.10. The molecule has 1 heterocycles. The molecule has 0 amide bonds. The van der Waals surface area contributed by atoms with Crippen molar-refractivity contribution < 1.29 is 9.53 Å². The van der Waals surface area contributed by atoms with Crippen LogP contribution in [0.5, 0.6) is 0 Å². The smallest absolute Gasteiger partial charge is 0.307 e. The fourth-order valence-electron chi connectivity index (χ4n) is 2.33. The molecule has 104 valence electrons. The zero-order chi connectivity index (χ0) is 13.7. The van der Waals surface area contributed by atoms with Crippen LogP contribution in [0.15, 0.2) is 24.3 Å². The minimum Gasteiger partial charge on any atom is -0.469 e. The summed E-state index contributed by atoms with van der Waals surface area (Å²) in [5.74, 6) is -0.219. The maximum atomic E-state index is 11.5. The second-order valence-electron chi connectivity index (χ2n) is 4.74. The van der Waals surface area contributed by atoms with Gasteiger partial charge in [-0.15, -0.1) is 0 Å². The lowest BCUT2D eigenvalue weighted by Gasteiger charge is -2.22. The largest absolute Gasteiger partial charge is 0.469 e. The van der Waals surface area contributed by atoms with Crippen molar-refractivity contribution in [2.24, 2.45) is 0 Å². The first kappa shape index (κ1) is 14.3. The number of halogens is 1. The van der Waals surface area contributed by atoms with Gasteiger partial charge in [-0.3, -0.25) is 4.79 Å². The minimum atomic E-state index is -0.219. The van der Waals surface area contributed by atoms with Crippen molar-refractivity contribution in [1.82, 2.24) is 10.6 Å². The van der Waals surface area contributed by atoms with Crippen LogP contribution < -0.4 is 10.6 Å². The van der Waals surface area contributed by atoms with Gasteiger partial charge in [-0.2, -0.15) is 0 Å². The summed E-state index contributed by atoms with van der Waals surface area (Å²) in [5, 5.41) is 7.49. The molecule has 0 spiro atoms. The SMILES string of the molecule is COC(=O)CC(N[C@@H]1CCNC1)c1cccc(Cl)c1. The van der Waals surface area contributed by atoms with Crippen LogP contribution in [0.4, 0.5) is 0 Å². The van der Waals surface area contributed by atoms with Crippen LogP contribution in [0.2, 0.25) is 5.02 Å². The molecule has 4 nitrogen and oxygen atoms in total. The first-order valence-corrected chi connectivity index (χ1v) is 6.86. The van der Waals surface area contributed by atoms with E-state index in [9.17, 15) is 4.79 Å². The highest BCUT2D eigenvalue weighted by Gasteiger charge is 2.22. The van der Waals surface area contributed by atoms with Crippen LogP contribution in [0.3, 0.4) is 0 Å². The number of esters is 1. The molecule has 0 radical (unpaired) electrons. The summed E-state index contributed by atoms with van der Waals surface area (Å²) >= 11 is 6.02. The number of ether oxygens (including phenoxy) is 1. The third-order valence-corrected chi connectivity index (χ3v) is 3.58. The second-order valence-corrected chi connectivity index (χ2v) is 5.18. The molecule has 1 aliphatic heterocycles. The lowest BCUT2D eigenvalue weighted by Crippen LogP contribution is -2.35. The summed E-state index contributed by atoms with van der Waals surface area (Å²) in [4.78, 5) is 11.5. The van der Waals surface area contributed by atoms with Crippen molar-refractivity contribution in [2.75, 3.05) is 20.2 Å². The Bertz CT molecular complexity index is 433. The molecule has 0 bridgehead atoms. The predicted octanol–water partition coefficient (Wildman–Crippen LogP) is 1.90. The Morgan fingerprint density at radius 3 is 3.11 bits per heavy atom.